The Morgan fingerprint density at radius 1 is 1.27 bits per heavy atom. The highest BCUT2D eigenvalue weighted by molar-refractivity contribution is 5.96. The highest BCUT2D eigenvalue weighted by Gasteiger charge is 2.21. The Kier molecular flexibility index (Phi) is 6.25. The van der Waals surface area contributed by atoms with Gasteiger partial charge in [0.25, 0.3) is 5.91 Å². The second-order valence-electron chi connectivity index (χ2n) is 6.52. The molecule has 1 N–H and O–H groups in total. The van der Waals surface area contributed by atoms with E-state index in [-0.39, 0.29) is 5.91 Å². The summed E-state index contributed by atoms with van der Waals surface area (Å²) in [6, 6.07) is 7.33. The van der Waals surface area contributed by atoms with Crippen LogP contribution in [0.2, 0.25) is 0 Å². The number of rotatable bonds is 6. The van der Waals surface area contributed by atoms with Crippen molar-refractivity contribution in [3.8, 4) is 5.75 Å². The van der Waals surface area contributed by atoms with Gasteiger partial charge in [0.05, 0.1) is 12.7 Å². The monoisotopic (exact) mass is 304 g/mol. The summed E-state index contributed by atoms with van der Waals surface area (Å²) < 4.78 is 5.22. The Hall–Kier alpha value is -1.55. The van der Waals surface area contributed by atoms with Crippen LogP contribution in [0, 0.1) is 11.8 Å². The van der Waals surface area contributed by atoms with E-state index < -0.39 is 0 Å². The lowest BCUT2D eigenvalue weighted by Crippen LogP contribution is -2.40. The molecule has 0 aromatic heterocycles. The van der Waals surface area contributed by atoms with E-state index in [1.54, 1.807) is 13.2 Å². The van der Waals surface area contributed by atoms with Crippen LogP contribution >= 0.6 is 0 Å². The van der Waals surface area contributed by atoms with E-state index in [0.29, 0.717) is 17.9 Å². The maximum atomic E-state index is 12.2. The second kappa shape index (κ2) is 8.18. The van der Waals surface area contributed by atoms with Crippen molar-refractivity contribution >= 4 is 5.91 Å². The molecule has 0 radical (unpaired) electrons. The molecular formula is C18H28N2O2. The topological polar surface area (TPSA) is 41.6 Å². The van der Waals surface area contributed by atoms with Crippen LogP contribution in [-0.4, -0.2) is 44.1 Å². The van der Waals surface area contributed by atoms with Crippen LogP contribution < -0.4 is 10.1 Å². The van der Waals surface area contributed by atoms with Gasteiger partial charge < -0.3 is 15.0 Å². The van der Waals surface area contributed by atoms with Crippen molar-refractivity contribution in [3.63, 3.8) is 0 Å². The first-order chi connectivity index (χ1) is 10.6. The molecule has 0 aliphatic carbocycles. The number of hydrogen-bond donors (Lipinski definition) is 1. The molecule has 1 aromatic rings. The summed E-state index contributed by atoms with van der Waals surface area (Å²) in [5, 5.41) is 2.99. The van der Waals surface area contributed by atoms with Gasteiger partial charge in [0.2, 0.25) is 0 Å². The van der Waals surface area contributed by atoms with Crippen LogP contribution in [-0.2, 0) is 0 Å². The van der Waals surface area contributed by atoms with Gasteiger partial charge in [0, 0.05) is 19.6 Å². The van der Waals surface area contributed by atoms with Crippen molar-refractivity contribution in [1.29, 1.82) is 0 Å². The Morgan fingerprint density at radius 3 is 2.64 bits per heavy atom. The summed E-state index contributed by atoms with van der Waals surface area (Å²) in [5.74, 6) is 2.13. The van der Waals surface area contributed by atoms with E-state index in [9.17, 15) is 4.79 Å². The Labute approximate surface area is 133 Å². The zero-order valence-electron chi connectivity index (χ0n) is 14.0. The van der Waals surface area contributed by atoms with Gasteiger partial charge in [0.1, 0.15) is 5.75 Å². The standard InChI is InChI=1S/C18H28N2O2/c1-14-11-15(2)13-20(12-14)10-6-9-19-18(21)16-7-4-5-8-17(16)22-3/h4-5,7-8,14-15H,6,9-13H2,1-3H3,(H,19,21)/t14-,15+. The third-order valence-electron chi connectivity index (χ3n) is 4.23. The Balaban J connectivity index is 1.73. The Morgan fingerprint density at radius 2 is 1.95 bits per heavy atom. The number of piperidine rings is 1. The molecule has 4 nitrogen and oxygen atoms in total. The van der Waals surface area contributed by atoms with Crippen molar-refractivity contribution in [2.75, 3.05) is 33.3 Å². The first-order valence-electron chi connectivity index (χ1n) is 8.23. The molecule has 1 aromatic carbocycles. The van der Waals surface area contributed by atoms with E-state index in [2.05, 4.69) is 24.1 Å². The van der Waals surface area contributed by atoms with Crippen molar-refractivity contribution < 1.29 is 9.53 Å². The van der Waals surface area contributed by atoms with Crippen LogP contribution in [0.4, 0.5) is 0 Å². The second-order valence-corrected chi connectivity index (χ2v) is 6.52. The summed E-state index contributed by atoms with van der Waals surface area (Å²) in [5.41, 5.74) is 0.602. The summed E-state index contributed by atoms with van der Waals surface area (Å²) in [6.07, 6.45) is 2.32. The number of amides is 1. The van der Waals surface area contributed by atoms with Gasteiger partial charge in [-0.1, -0.05) is 26.0 Å². The molecule has 1 amide bonds. The normalized spacial score (nSPS) is 22.3. The van der Waals surface area contributed by atoms with Crippen LogP contribution in [0.5, 0.6) is 5.75 Å². The lowest BCUT2D eigenvalue weighted by Gasteiger charge is -2.34. The van der Waals surface area contributed by atoms with Crippen LogP contribution in [0.1, 0.15) is 37.0 Å². The van der Waals surface area contributed by atoms with Crippen LogP contribution in [0.3, 0.4) is 0 Å². The predicted molar refractivity (Wildman–Crippen MR) is 89.3 cm³/mol. The first kappa shape index (κ1) is 16.8. The maximum Gasteiger partial charge on any atom is 0.255 e. The Bertz CT molecular complexity index is 480. The van der Waals surface area contributed by atoms with E-state index in [0.717, 1.165) is 24.8 Å². The quantitative estimate of drug-likeness (QED) is 0.822. The molecule has 1 heterocycles. The summed E-state index contributed by atoms with van der Waals surface area (Å²) >= 11 is 0. The molecule has 2 rings (SSSR count). The summed E-state index contributed by atoms with van der Waals surface area (Å²) in [6.45, 7) is 8.78. The minimum Gasteiger partial charge on any atom is -0.496 e. The number of methoxy groups -OCH3 is 1. The molecule has 22 heavy (non-hydrogen) atoms. The molecule has 0 saturated carbocycles. The van der Waals surface area contributed by atoms with Gasteiger partial charge in [-0.15, -0.1) is 0 Å². The van der Waals surface area contributed by atoms with E-state index in [1.165, 1.54) is 19.5 Å². The molecule has 1 fully saturated rings. The smallest absolute Gasteiger partial charge is 0.255 e. The average Bonchev–Trinajstić information content (AvgIpc) is 2.50. The molecule has 4 heteroatoms. The molecule has 1 aliphatic rings. The number of nitrogens with zero attached hydrogens (tertiary/aromatic N) is 1. The van der Waals surface area contributed by atoms with Crippen molar-refractivity contribution in [2.24, 2.45) is 11.8 Å². The van der Waals surface area contributed by atoms with Crippen LogP contribution in [0.25, 0.3) is 0 Å². The maximum absolute atomic E-state index is 12.2. The van der Waals surface area contributed by atoms with Gasteiger partial charge in [-0.2, -0.15) is 0 Å². The lowest BCUT2D eigenvalue weighted by atomic mass is 9.92. The molecule has 0 unspecified atom stereocenters. The number of ether oxygens (including phenoxy) is 1. The fourth-order valence-electron chi connectivity index (χ4n) is 3.41. The number of carbonyl (C=O) groups excluding carboxylic acids is 1. The molecule has 1 aliphatic heterocycles. The molecule has 2 atom stereocenters. The summed E-state index contributed by atoms with van der Waals surface area (Å²) in [4.78, 5) is 14.7. The number of hydrogen-bond acceptors (Lipinski definition) is 3. The molecule has 122 valence electrons. The minimum atomic E-state index is -0.0576. The molecular weight excluding hydrogens is 276 g/mol. The number of carbonyl (C=O) groups is 1. The van der Waals surface area contributed by atoms with E-state index >= 15 is 0 Å². The van der Waals surface area contributed by atoms with Gasteiger partial charge in [0.15, 0.2) is 0 Å². The SMILES string of the molecule is COc1ccccc1C(=O)NCCCN1C[C@H](C)C[C@H](C)C1. The lowest BCUT2D eigenvalue weighted by molar-refractivity contribution is 0.0944. The predicted octanol–water partition coefficient (Wildman–Crippen LogP) is 2.79. The number of benzene rings is 1. The highest BCUT2D eigenvalue weighted by Crippen LogP contribution is 2.21. The molecule has 0 spiro atoms. The third-order valence-corrected chi connectivity index (χ3v) is 4.23. The van der Waals surface area contributed by atoms with E-state index in [4.69, 9.17) is 4.74 Å². The molecule has 0 bridgehead atoms. The number of likely N-dealkylation sites (tertiary alicyclic amines) is 1. The van der Waals surface area contributed by atoms with Crippen molar-refractivity contribution in [1.82, 2.24) is 10.2 Å². The minimum absolute atomic E-state index is 0.0576. The average molecular weight is 304 g/mol. The van der Waals surface area contributed by atoms with Gasteiger partial charge in [-0.25, -0.2) is 0 Å². The van der Waals surface area contributed by atoms with Gasteiger partial charge >= 0.3 is 0 Å². The number of para-hydroxylation sites is 1. The fraction of sp³-hybridized carbons (Fsp3) is 0.611. The zero-order valence-corrected chi connectivity index (χ0v) is 14.0. The van der Waals surface area contributed by atoms with Crippen molar-refractivity contribution in [3.05, 3.63) is 29.8 Å². The van der Waals surface area contributed by atoms with Gasteiger partial charge in [-0.05, 0) is 43.4 Å². The third kappa shape index (κ3) is 4.73. The summed E-state index contributed by atoms with van der Waals surface area (Å²) in [7, 11) is 1.59. The first-order valence-corrected chi connectivity index (χ1v) is 8.23. The highest BCUT2D eigenvalue weighted by atomic mass is 16.5. The molecule has 1 saturated heterocycles. The largest absolute Gasteiger partial charge is 0.496 e. The van der Waals surface area contributed by atoms with Crippen molar-refractivity contribution in [2.45, 2.75) is 26.7 Å². The zero-order chi connectivity index (χ0) is 15.9. The van der Waals surface area contributed by atoms with E-state index in [1.807, 2.05) is 18.2 Å². The fourth-order valence-corrected chi connectivity index (χ4v) is 3.41. The van der Waals surface area contributed by atoms with Gasteiger partial charge in [-0.3, -0.25) is 4.79 Å². The van der Waals surface area contributed by atoms with Crippen LogP contribution in [0.15, 0.2) is 24.3 Å². The number of nitrogens with one attached hydrogen (secondary N) is 1.